The minimum absolute atomic E-state index is 0.510. The number of imidazole rings is 1. The van der Waals surface area contributed by atoms with E-state index in [9.17, 15) is 4.79 Å². The summed E-state index contributed by atoms with van der Waals surface area (Å²) in [4.78, 5) is 14.6. The molecule has 75 valence electrons. The predicted octanol–water partition coefficient (Wildman–Crippen LogP) is 2.08. The van der Waals surface area contributed by atoms with Gasteiger partial charge < -0.3 is 4.57 Å². The zero-order valence-electron chi connectivity index (χ0n) is 8.28. The van der Waals surface area contributed by atoms with Gasteiger partial charge in [0.15, 0.2) is 12.1 Å². The molecule has 14 heavy (non-hydrogen) atoms. The van der Waals surface area contributed by atoms with Crippen LogP contribution in [-0.2, 0) is 6.54 Å². The molecule has 0 aliphatic heterocycles. The van der Waals surface area contributed by atoms with E-state index in [0.29, 0.717) is 11.7 Å². The van der Waals surface area contributed by atoms with Crippen molar-refractivity contribution in [1.82, 2.24) is 9.55 Å². The summed E-state index contributed by atoms with van der Waals surface area (Å²) in [6, 6.07) is 0. The SMILES string of the molecule is O=Cc1nc[c]n1CC1CCCCC1. The van der Waals surface area contributed by atoms with E-state index in [4.69, 9.17) is 0 Å². The van der Waals surface area contributed by atoms with Gasteiger partial charge in [-0.1, -0.05) is 19.3 Å². The number of carbonyl (C=O) groups is 1. The summed E-state index contributed by atoms with van der Waals surface area (Å²) in [6.45, 7) is 0.911. The fourth-order valence-corrected chi connectivity index (χ4v) is 2.17. The Labute approximate surface area is 84.1 Å². The van der Waals surface area contributed by atoms with E-state index in [-0.39, 0.29) is 0 Å². The number of nitrogens with zero attached hydrogens (tertiary/aromatic N) is 2. The molecule has 1 aliphatic carbocycles. The van der Waals surface area contributed by atoms with Crippen molar-refractivity contribution < 1.29 is 4.79 Å². The van der Waals surface area contributed by atoms with Gasteiger partial charge in [0.2, 0.25) is 0 Å². The van der Waals surface area contributed by atoms with Crippen molar-refractivity contribution in [3.8, 4) is 0 Å². The van der Waals surface area contributed by atoms with Gasteiger partial charge in [0, 0.05) is 6.54 Å². The summed E-state index contributed by atoms with van der Waals surface area (Å²) in [5.74, 6) is 1.23. The van der Waals surface area contributed by atoms with E-state index in [1.54, 1.807) is 6.20 Å². The Morgan fingerprint density at radius 2 is 2.29 bits per heavy atom. The zero-order chi connectivity index (χ0) is 9.80. The maximum atomic E-state index is 10.6. The van der Waals surface area contributed by atoms with Crippen LogP contribution in [0.1, 0.15) is 42.7 Å². The minimum atomic E-state index is 0.510. The number of hydrogen-bond acceptors (Lipinski definition) is 2. The molecule has 2 rings (SSSR count). The van der Waals surface area contributed by atoms with Gasteiger partial charge in [-0.2, -0.15) is 0 Å². The molecule has 3 heteroatoms. The lowest BCUT2D eigenvalue weighted by molar-refractivity contribution is 0.110. The number of hydrogen-bond donors (Lipinski definition) is 0. The highest BCUT2D eigenvalue weighted by molar-refractivity contribution is 5.68. The third-order valence-electron chi connectivity index (χ3n) is 2.96. The van der Waals surface area contributed by atoms with Gasteiger partial charge in [0.05, 0.1) is 12.4 Å². The molecule has 1 saturated carbocycles. The van der Waals surface area contributed by atoms with Gasteiger partial charge in [0.1, 0.15) is 0 Å². The van der Waals surface area contributed by atoms with Crippen LogP contribution in [0, 0.1) is 12.1 Å². The van der Waals surface area contributed by atoms with Gasteiger partial charge >= 0.3 is 0 Å². The number of rotatable bonds is 3. The molecule has 0 saturated heterocycles. The molecule has 3 nitrogen and oxygen atoms in total. The molecule has 0 unspecified atom stereocenters. The molecular formula is C11H15N2O. The molecule has 1 aliphatic rings. The van der Waals surface area contributed by atoms with E-state index >= 15 is 0 Å². The summed E-state index contributed by atoms with van der Waals surface area (Å²) in [7, 11) is 0. The van der Waals surface area contributed by atoms with Crippen LogP contribution in [0.5, 0.6) is 0 Å². The second-order valence-electron chi connectivity index (χ2n) is 3.98. The molecule has 0 atom stereocenters. The lowest BCUT2D eigenvalue weighted by Crippen LogP contribution is -2.15. The van der Waals surface area contributed by atoms with Crippen LogP contribution in [0.15, 0.2) is 6.20 Å². The first-order valence-electron chi connectivity index (χ1n) is 5.28. The third-order valence-corrected chi connectivity index (χ3v) is 2.96. The Kier molecular flexibility index (Phi) is 2.96. The Morgan fingerprint density at radius 1 is 1.50 bits per heavy atom. The second-order valence-corrected chi connectivity index (χ2v) is 3.98. The highest BCUT2D eigenvalue weighted by Crippen LogP contribution is 2.25. The fourth-order valence-electron chi connectivity index (χ4n) is 2.17. The number of aromatic nitrogens is 2. The monoisotopic (exact) mass is 191 g/mol. The number of aldehydes is 1. The van der Waals surface area contributed by atoms with Crippen LogP contribution in [-0.4, -0.2) is 15.8 Å². The van der Waals surface area contributed by atoms with E-state index in [1.807, 2.05) is 4.57 Å². The van der Waals surface area contributed by atoms with Crippen LogP contribution < -0.4 is 0 Å². The molecule has 1 fully saturated rings. The minimum Gasteiger partial charge on any atom is -0.320 e. The molecule has 0 N–H and O–H groups in total. The summed E-state index contributed by atoms with van der Waals surface area (Å²) >= 11 is 0. The van der Waals surface area contributed by atoms with Crippen molar-refractivity contribution in [2.75, 3.05) is 0 Å². The Hall–Kier alpha value is -1.12. The maximum Gasteiger partial charge on any atom is 0.185 e. The van der Waals surface area contributed by atoms with Crippen LogP contribution in [0.25, 0.3) is 0 Å². The predicted molar refractivity (Wildman–Crippen MR) is 53.0 cm³/mol. The van der Waals surface area contributed by atoms with Crippen LogP contribution >= 0.6 is 0 Å². The quantitative estimate of drug-likeness (QED) is 0.685. The number of carbonyl (C=O) groups excluding carboxylic acids is 1. The standard InChI is InChI=1S/C11H15N2O/c14-9-11-12-6-7-13(11)8-10-4-2-1-3-5-10/h6,9-10H,1-5,8H2. The van der Waals surface area contributed by atoms with Gasteiger partial charge in [-0.15, -0.1) is 0 Å². The Balaban J connectivity index is 1.98. The zero-order valence-corrected chi connectivity index (χ0v) is 8.28. The van der Waals surface area contributed by atoms with E-state index in [2.05, 4.69) is 11.2 Å². The Bertz CT molecular complexity index is 300. The molecular weight excluding hydrogens is 176 g/mol. The first kappa shape index (κ1) is 9.44. The lowest BCUT2D eigenvalue weighted by Gasteiger charge is -2.21. The fraction of sp³-hybridized carbons (Fsp3) is 0.636. The molecule has 1 heterocycles. The van der Waals surface area contributed by atoms with Gasteiger partial charge in [0.25, 0.3) is 0 Å². The molecule has 1 aromatic rings. The molecule has 0 amide bonds. The Morgan fingerprint density at radius 3 is 3.00 bits per heavy atom. The van der Waals surface area contributed by atoms with Crippen LogP contribution in [0.3, 0.4) is 0 Å². The molecule has 1 radical (unpaired) electrons. The molecule has 0 spiro atoms. The summed E-state index contributed by atoms with van der Waals surface area (Å²) in [5.41, 5.74) is 0. The van der Waals surface area contributed by atoms with Crippen molar-refractivity contribution >= 4 is 6.29 Å². The van der Waals surface area contributed by atoms with E-state index in [0.717, 1.165) is 12.8 Å². The van der Waals surface area contributed by atoms with Gasteiger partial charge in [-0.3, -0.25) is 4.79 Å². The molecule has 0 bridgehead atoms. The van der Waals surface area contributed by atoms with Crippen LogP contribution in [0.4, 0.5) is 0 Å². The van der Waals surface area contributed by atoms with Crippen LogP contribution in [0.2, 0.25) is 0 Å². The first-order chi connectivity index (χ1) is 6.90. The molecule has 0 aromatic carbocycles. The molecule has 1 aromatic heterocycles. The van der Waals surface area contributed by atoms with Crippen molar-refractivity contribution in [1.29, 1.82) is 0 Å². The first-order valence-corrected chi connectivity index (χ1v) is 5.28. The highest BCUT2D eigenvalue weighted by Gasteiger charge is 2.15. The van der Waals surface area contributed by atoms with E-state index in [1.165, 1.54) is 32.1 Å². The van der Waals surface area contributed by atoms with Gasteiger partial charge in [-0.05, 0) is 18.8 Å². The normalized spacial score (nSPS) is 18.3. The highest BCUT2D eigenvalue weighted by atomic mass is 16.1. The van der Waals surface area contributed by atoms with Gasteiger partial charge in [-0.25, -0.2) is 4.98 Å². The summed E-state index contributed by atoms with van der Waals surface area (Å²) in [5, 5.41) is 0. The van der Waals surface area contributed by atoms with E-state index < -0.39 is 0 Å². The third kappa shape index (κ3) is 2.03. The average molecular weight is 191 g/mol. The van der Waals surface area contributed by atoms with Crippen molar-refractivity contribution in [2.24, 2.45) is 5.92 Å². The second kappa shape index (κ2) is 4.40. The largest absolute Gasteiger partial charge is 0.320 e. The maximum absolute atomic E-state index is 10.6. The van der Waals surface area contributed by atoms with Crippen molar-refractivity contribution in [3.05, 3.63) is 18.2 Å². The lowest BCUT2D eigenvalue weighted by atomic mass is 9.89. The van der Waals surface area contributed by atoms with Crippen molar-refractivity contribution in [2.45, 2.75) is 38.6 Å². The average Bonchev–Trinajstić information content (AvgIpc) is 2.67. The van der Waals surface area contributed by atoms with Crippen molar-refractivity contribution in [3.63, 3.8) is 0 Å². The smallest absolute Gasteiger partial charge is 0.185 e. The topological polar surface area (TPSA) is 34.9 Å². The summed E-state index contributed by atoms with van der Waals surface area (Å²) < 4.78 is 1.85. The summed E-state index contributed by atoms with van der Waals surface area (Å²) in [6.07, 6.45) is 11.9.